The van der Waals surface area contributed by atoms with Gasteiger partial charge in [0.05, 0.1) is 0 Å². The topological polar surface area (TPSA) is 42.0 Å². The van der Waals surface area contributed by atoms with Crippen molar-refractivity contribution in [3.05, 3.63) is 23.9 Å². The summed E-state index contributed by atoms with van der Waals surface area (Å²) in [6, 6.07) is 5.49. The molecule has 0 saturated heterocycles. The molecule has 1 aliphatic rings. The molecule has 3 nitrogen and oxygen atoms in total. The summed E-state index contributed by atoms with van der Waals surface area (Å²) < 4.78 is 0. The minimum Gasteiger partial charge on any atom is -0.350 e. The number of rotatable bonds is 3. The Morgan fingerprint density at radius 1 is 1.57 bits per heavy atom. The molecule has 1 saturated carbocycles. The van der Waals surface area contributed by atoms with Crippen molar-refractivity contribution in [1.82, 2.24) is 10.3 Å². The van der Waals surface area contributed by atoms with Crippen molar-refractivity contribution in [2.24, 2.45) is 5.92 Å². The van der Waals surface area contributed by atoms with Crippen molar-refractivity contribution in [3.8, 4) is 0 Å². The highest BCUT2D eigenvalue weighted by Gasteiger charge is 2.21. The number of aromatic nitrogens is 1. The minimum atomic E-state index is -0.0550. The van der Waals surface area contributed by atoms with Gasteiger partial charge in [0.2, 0.25) is 0 Å². The number of pyridine rings is 1. The van der Waals surface area contributed by atoms with Gasteiger partial charge < -0.3 is 5.32 Å². The molecule has 2 rings (SSSR count). The Bertz CT molecular complexity index is 350. The quantitative estimate of drug-likeness (QED) is 0.648. The molecule has 1 heterocycles. The van der Waals surface area contributed by atoms with Gasteiger partial charge in [-0.05, 0) is 30.4 Å². The van der Waals surface area contributed by atoms with Crippen LogP contribution < -0.4 is 10.9 Å². The molecule has 1 fully saturated rings. The summed E-state index contributed by atoms with van der Waals surface area (Å²) in [5.41, 5.74) is 1.40. The molecule has 1 N–H and O–H groups in total. The van der Waals surface area contributed by atoms with Crippen molar-refractivity contribution in [2.75, 3.05) is 6.54 Å². The van der Waals surface area contributed by atoms with E-state index in [9.17, 15) is 4.79 Å². The number of hydrogen-bond acceptors (Lipinski definition) is 2. The summed E-state index contributed by atoms with van der Waals surface area (Å²) in [5.74, 6) is 0.657. The van der Waals surface area contributed by atoms with E-state index in [1.165, 1.54) is 12.8 Å². The third-order valence-electron chi connectivity index (χ3n) is 2.37. The number of hydrogen-bond donors (Lipinski definition) is 1. The van der Waals surface area contributed by atoms with Crippen LogP contribution in [0.3, 0.4) is 0 Å². The van der Waals surface area contributed by atoms with Gasteiger partial charge in [0, 0.05) is 6.54 Å². The maximum absolute atomic E-state index is 11.6. The van der Waals surface area contributed by atoms with Crippen LogP contribution in [-0.4, -0.2) is 25.3 Å². The molecule has 0 aromatic carbocycles. The molecular formula is C10H13BN2O. The molecule has 0 bridgehead atoms. The van der Waals surface area contributed by atoms with Crippen LogP contribution in [-0.2, 0) is 0 Å². The largest absolute Gasteiger partial charge is 0.350 e. The standard InChI is InChI=1S/C10H13BN2O/c11-9-3-1-2-8(13-9)10(14)12-6-7-4-5-7/h1-3,7H,4-6,11H2,(H,12,14). The van der Waals surface area contributed by atoms with E-state index in [0.29, 0.717) is 11.6 Å². The lowest BCUT2D eigenvalue weighted by Gasteiger charge is -2.03. The summed E-state index contributed by atoms with van der Waals surface area (Å²) in [5, 5.41) is 2.89. The van der Waals surface area contributed by atoms with Gasteiger partial charge in [0.1, 0.15) is 5.69 Å². The zero-order valence-corrected chi connectivity index (χ0v) is 8.29. The fraction of sp³-hybridized carbons (Fsp3) is 0.400. The molecule has 0 spiro atoms. The minimum absolute atomic E-state index is 0.0550. The first-order valence-electron chi connectivity index (χ1n) is 4.97. The highest BCUT2D eigenvalue weighted by Crippen LogP contribution is 2.27. The first-order valence-corrected chi connectivity index (χ1v) is 4.97. The Kier molecular flexibility index (Phi) is 2.52. The number of carbonyl (C=O) groups is 1. The van der Waals surface area contributed by atoms with E-state index in [2.05, 4.69) is 10.3 Å². The second-order valence-electron chi connectivity index (χ2n) is 3.82. The van der Waals surface area contributed by atoms with Crippen LogP contribution in [0.1, 0.15) is 23.3 Å². The highest BCUT2D eigenvalue weighted by molar-refractivity contribution is 6.30. The molecule has 0 radical (unpaired) electrons. The molecule has 1 aromatic heterocycles. The zero-order valence-electron chi connectivity index (χ0n) is 8.29. The van der Waals surface area contributed by atoms with E-state index in [0.717, 1.165) is 12.1 Å². The molecule has 4 heteroatoms. The van der Waals surface area contributed by atoms with Crippen molar-refractivity contribution in [3.63, 3.8) is 0 Å². The Morgan fingerprint density at radius 3 is 3.00 bits per heavy atom. The Hall–Kier alpha value is -1.32. The Labute approximate surface area is 84.3 Å². The van der Waals surface area contributed by atoms with Crippen molar-refractivity contribution in [2.45, 2.75) is 12.8 Å². The fourth-order valence-electron chi connectivity index (χ4n) is 1.32. The van der Waals surface area contributed by atoms with E-state index in [1.807, 2.05) is 20.0 Å². The molecule has 1 aliphatic carbocycles. The monoisotopic (exact) mass is 188 g/mol. The van der Waals surface area contributed by atoms with Crippen LogP contribution >= 0.6 is 0 Å². The lowest BCUT2D eigenvalue weighted by Crippen LogP contribution is -2.28. The van der Waals surface area contributed by atoms with Crippen molar-refractivity contribution >= 4 is 19.3 Å². The van der Waals surface area contributed by atoms with Crippen molar-refractivity contribution < 1.29 is 4.79 Å². The van der Waals surface area contributed by atoms with Gasteiger partial charge in [-0.1, -0.05) is 12.1 Å². The van der Waals surface area contributed by atoms with Crippen LogP contribution in [0.5, 0.6) is 0 Å². The lowest BCUT2D eigenvalue weighted by molar-refractivity contribution is 0.0947. The predicted molar refractivity (Wildman–Crippen MR) is 57.5 cm³/mol. The summed E-state index contributed by atoms with van der Waals surface area (Å²) in [7, 11) is 1.89. The van der Waals surface area contributed by atoms with Gasteiger partial charge >= 0.3 is 0 Å². The second-order valence-corrected chi connectivity index (χ2v) is 3.82. The first kappa shape index (κ1) is 9.25. The van der Waals surface area contributed by atoms with Gasteiger partial charge in [-0.2, -0.15) is 0 Å². The second kappa shape index (κ2) is 3.82. The molecule has 1 aromatic rings. The van der Waals surface area contributed by atoms with Gasteiger partial charge in [-0.25, -0.2) is 0 Å². The van der Waals surface area contributed by atoms with E-state index < -0.39 is 0 Å². The van der Waals surface area contributed by atoms with Crippen LogP contribution in [0.4, 0.5) is 0 Å². The first-order chi connectivity index (χ1) is 6.75. The summed E-state index contributed by atoms with van der Waals surface area (Å²) in [6.07, 6.45) is 2.50. The van der Waals surface area contributed by atoms with Crippen LogP contribution in [0.2, 0.25) is 0 Å². The number of nitrogens with one attached hydrogen (secondary N) is 1. The average Bonchev–Trinajstić information content (AvgIpc) is 2.97. The van der Waals surface area contributed by atoms with E-state index in [4.69, 9.17) is 0 Å². The molecule has 0 aliphatic heterocycles. The summed E-state index contributed by atoms with van der Waals surface area (Å²) >= 11 is 0. The zero-order chi connectivity index (χ0) is 9.97. The maximum Gasteiger partial charge on any atom is 0.269 e. The molecule has 0 unspecified atom stereocenters. The third kappa shape index (κ3) is 2.34. The lowest BCUT2D eigenvalue weighted by atomic mass is 10.0. The summed E-state index contributed by atoms with van der Waals surface area (Å²) in [6.45, 7) is 0.800. The SMILES string of the molecule is Bc1cccc(C(=O)NCC2CC2)n1. The summed E-state index contributed by atoms with van der Waals surface area (Å²) in [4.78, 5) is 15.7. The van der Waals surface area contributed by atoms with E-state index in [1.54, 1.807) is 6.07 Å². The van der Waals surface area contributed by atoms with Crippen LogP contribution in [0, 0.1) is 5.92 Å². The molecule has 1 amide bonds. The van der Waals surface area contributed by atoms with Gasteiger partial charge in [0.25, 0.3) is 5.91 Å². The molecule has 72 valence electrons. The Morgan fingerprint density at radius 2 is 2.36 bits per heavy atom. The van der Waals surface area contributed by atoms with Crippen LogP contribution in [0.25, 0.3) is 0 Å². The third-order valence-corrected chi connectivity index (χ3v) is 2.37. The van der Waals surface area contributed by atoms with Gasteiger partial charge in [0.15, 0.2) is 7.85 Å². The van der Waals surface area contributed by atoms with E-state index >= 15 is 0 Å². The van der Waals surface area contributed by atoms with E-state index in [-0.39, 0.29) is 5.91 Å². The molecule has 14 heavy (non-hydrogen) atoms. The predicted octanol–water partition coefficient (Wildman–Crippen LogP) is -0.520. The fourth-order valence-corrected chi connectivity index (χ4v) is 1.32. The number of carbonyl (C=O) groups excluding carboxylic acids is 1. The van der Waals surface area contributed by atoms with Gasteiger partial charge in [-0.3, -0.25) is 9.78 Å². The Balaban J connectivity index is 1.95. The molecular weight excluding hydrogens is 175 g/mol. The number of nitrogens with zero attached hydrogens (tertiary/aromatic N) is 1. The highest BCUT2D eigenvalue weighted by atomic mass is 16.1. The van der Waals surface area contributed by atoms with Gasteiger partial charge in [-0.15, -0.1) is 0 Å². The van der Waals surface area contributed by atoms with Crippen molar-refractivity contribution in [1.29, 1.82) is 0 Å². The maximum atomic E-state index is 11.6. The number of amides is 1. The van der Waals surface area contributed by atoms with Crippen LogP contribution in [0.15, 0.2) is 18.2 Å². The average molecular weight is 188 g/mol. The normalized spacial score (nSPS) is 15.1. The molecule has 0 atom stereocenters. The smallest absolute Gasteiger partial charge is 0.269 e.